The van der Waals surface area contributed by atoms with Crippen molar-refractivity contribution < 1.29 is 8.78 Å². The molecule has 0 fully saturated rings. The summed E-state index contributed by atoms with van der Waals surface area (Å²) in [4.78, 5) is 0. The molecule has 160 valence electrons. The predicted octanol–water partition coefficient (Wildman–Crippen LogP) is 5.59. The molecule has 4 heteroatoms. The number of hydrogen-bond acceptors (Lipinski definition) is 0. The van der Waals surface area contributed by atoms with E-state index in [2.05, 4.69) is 48.5 Å². The average molecular weight is 554 g/mol. The maximum absolute atomic E-state index is 13.7. The average Bonchev–Trinajstić information content (AvgIpc) is 2.83. The third kappa shape index (κ3) is 6.28. The SMILES string of the molecule is Fc1ccc(C(=C(CC[Se]c2ccccc2)[Se]c2ccccc2)c2ccc(F)cc2)cc1. The molecule has 0 amide bonds. The minimum atomic E-state index is -0.255. The van der Waals surface area contributed by atoms with Crippen LogP contribution in [0.15, 0.2) is 114 Å². The van der Waals surface area contributed by atoms with Crippen LogP contribution in [0.4, 0.5) is 8.78 Å². The summed E-state index contributed by atoms with van der Waals surface area (Å²) in [7, 11) is 0. The molecule has 0 aliphatic rings. The maximum atomic E-state index is 13.7. The molecule has 0 aromatic heterocycles. The van der Waals surface area contributed by atoms with E-state index in [4.69, 9.17) is 0 Å². The molecule has 0 aliphatic heterocycles. The molecule has 4 aromatic carbocycles. The van der Waals surface area contributed by atoms with E-state index in [-0.39, 0.29) is 26.6 Å². The van der Waals surface area contributed by atoms with Crippen molar-refractivity contribution in [3.8, 4) is 0 Å². The fourth-order valence-corrected chi connectivity index (χ4v) is 8.23. The van der Waals surface area contributed by atoms with Crippen molar-refractivity contribution in [1.82, 2.24) is 0 Å². The molecule has 0 bridgehead atoms. The predicted molar refractivity (Wildman–Crippen MR) is 132 cm³/mol. The van der Waals surface area contributed by atoms with Gasteiger partial charge in [0.25, 0.3) is 0 Å². The Hall–Kier alpha value is -2.48. The molecule has 0 heterocycles. The van der Waals surface area contributed by atoms with Gasteiger partial charge >= 0.3 is 201 Å². The zero-order valence-corrected chi connectivity index (χ0v) is 20.8. The van der Waals surface area contributed by atoms with Crippen molar-refractivity contribution in [2.24, 2.45) is 0 Å². The molecule has 0 saturated carbocycles. The van der Waals surface area contributed by atoms with Crippen molar-refractivity contribution >= 4 is 44.4 Å². The van der Waals surface area contributed by atoms with Crippen LogP contribution < -0.4 is 8.92 Å². The number of allylic oxidation sites excluding steroid dienone is 1. The zero-order chi connectivity index (χ0) is 22.2. The van der Waals surface area contributed by atoms with E-state index in [1.807, 2.05) is 36.4 Å². The Labute approximate surface area is 200 Å². The first kappa shape index (κ1) is 22.7. The first-order valence-electron chi connectivity index (χ1n) is 10.3. The van der Waals surface area contributed by atoms with Crippen LogP contribution in [0, 0.1) is 11.6 Å². The summed E-state index contributed by atoms with van der Waals surface area (Å²) in [6.45, 7) is 0. The Bertz CT molecular complexity index is 1110. The Morgan fingerprint density at radius 3 is 1.53 bits per heavy atom. The fourth-order valence-electron chi connectivity index (χ4n) is 3.36. The normalized spacial score (nSPS) is 10.7. The first-order valence-corrected chi connectivity index (χ1v) is 14.1. The van der Waals surface area contributed by atoms with Gasteiger partial charge in [-0.3, -0.25) is 0 Å². The first-order chi connectivity index (χ1) is 15.7. The summed E-state index contributed by atoms with van der Waals surface area (Å²) < 4.78 is 31.4. The Balaban J connectivity index is 1.75. The van der Waals surface area contributed by atoms with Gasteiger partial charge in [-0.25, -0.2) is 0 Å². The molecule has 32 heavy (non-hydrogen) atoms. The summed E-state index contributed by atoms with van der Waals surface area (Å²) in [5.74, 6) is -0.510. The molecular formula is C28H22F2Se2. The molecule has 0 saturated heterocycles. The summed E-state index contributed by atoms with van der Waals surface area (Å²) >= 11 is 0.474. The van der Waals surface area contributed by atoms with Crippen molar-refractivity contribution in [2.75, 3.05) is 0 Å². The summed E-state index contributed by atoms with van der Waals surface area (Å²) in [6, 6.07) is 34.4. The summed E-state index contributed by atoms with van der Waals surface area (Å²) in [5.41, 5.74) is 3.04. The molecule has 4 rings (SSSR count). The van der Waals surface area contributed by atoms with Crippen LogP contribution in [0.25, 0.3) is 5.57 Å². The molecular weight excluding hydrogens is 532 g/mol. The van der Waals surface area contributed by atoms with E-state index < -0.39 is 0 Å². The fraction of sp³-hybridized carbons (Fsp3) is 0.0714. The van der Waals surface area contributed by atoms with Gasteiger partial charge < -0.3 is 0 Å². The number of rotatable bonds is 8. The van der Waals surface area contributed by atoms with Gasteiger partial charge in [-0.1, -0.05) is 0 Å². The van der Waals surface area contributed by atoms with E-state index in [0.717, 1.165) is 28.4 Å². The van der Waals surface area contributed by atoms with Gasteiger partial charge in [0.2, 0.25) is 0 Å². The Kier molecular flexibility index (Phi) is 8.09. The van der Waals surface area contributed by atoms with Gasteiger partial charge in [0, 0.05) is 0 Å². The monoisotopic (exact) mass is 556 g/mol. The second-order valence-electron chi connectivity index (χ2n) is 7.14. The van der Waals surface area contributed by atoms with Crippen LogP contribution in [0.5, 0.6) is 0 Å². The number of benzene rings is 4. The van der Waals surface area contributed by atoms with E-state index >= 15 is 0 Å². The molecule has 0 aliphatic carbocycles. The van der Waals surface area contributed by atoms with Crippen molar-refractivity contribution in [2.45, 2.75) is 11.7 Å². The second kappa shape index (κ2) is 11.4. The molecule has 0 atom stereocenters. The van der Waals surface area contributed by atoms with Crippen molar-refractivity contribution in [1.29, 1.82) is 0 Å². The minimum absolute atomic E-state index is 0.103. The van der Waals surface area contributed by atoms with Gasteiger partial charge in [-0.05, 0) is 0 Å². The van der Waals surface area contributed by atoms with Gasteiger partial charge in [-0.2, -0.15) is 0 Å². The molecule has 4 aromatic rings. The van der Waals surface area contributed by atoms with E-state index in [1.165, 1.54) is 37.7 Å². The third-order valence-corrected chi connectivity index (χ3v) is 9.44. The van der Waals surface area contributed by atoms with E-state index in [9.17, 15) is 8.78 Å². The van der Waals surface area contributed by atoms with Crippen LogP contribution in [0.2, 0.25) is 5.32 Å². The van der Waals surface area contributed by atoms with Gasteiger partial charge in [-0.15, -0.1) is 0 Å². The second-order valence-corrected chi connectivity index (χ2v) is 12.0. The molecule has 0 N–H and O–H groups in total. The van der Waals surface area contributed by atoms with Crippen LogP contribution in [0.3, 0.4) is 0 Å². The van der Waals surface area contributed by atoms with E-state index in [1.54, 1.807) is 0 Å². The van der Waals surface area contributed by atoms with Crippen molar-refractivity contribution in [3.05, 3.63) is 136 Å². The quantitative estimate of drug-likeness (QED) is 0.249. The molecule has 0 unspecified atom stereocenters. The van der Waals surface area contributed by atoms with Crippen LogP contribution >= 0.6 is 0 Å². The number of hydrogen-bond donors (Lipinski definition) is 0. The standard InChI is InChI=1S/C28H22F2Se2/c29-23-15-11-21(12-16-23)28(22-13-17-24(30)18-14-22)27(32-26-9-5-2-6-10-26)19-20-31-25-7-3-1-4-8-25/h1-18H,19-20H2. The Morgan fingerprint density at radius 2 is 1.03 bits per heavy atom. The number of halogens is 2. The van der Waals surface area contributed by atoms with Gasteiger partial charge in [0.15, 0.2) is 0 Å². The van der Waals surface area contributed by atoms with Crippen LogP contribution in [-0.2, 0) is 0 Å². The van der Waals surface area contributed by atoms with Crippen molar-refractivity contribution in [3.63, 3.8) is 0 Å². The Morgan fingerprint density at radius 1 is 0.562 bits per heavy atom. The molecule has 0 nitrogen and oxygen atoms in total. The van der Waals surface area contributed by atoms with Gasteiger partial charge in [0.1, 0.15) is 0 Å². The topological polar surface area (TPSA) is 0 Å². The zero-order valence-electron chi connectivity index (χ0n) is 17.4. The summed E-state index contributed by atoms with van der Waals surface area (Å²) in [5, 5.41) is 1.08. The third-order valence-electron chi connectivity index (χ3n) is 4.87. The van der Waals surface area contributed by atoms with Crippen LogP contribution in [-0.4, -0.2) is 29.9 Å². The molecule has 0 radical (unpaired) electrons. The van der Waals surface area contributed by atoms with Crippen LogP contribution in [0.1, 0.15) is 17.5 Å². The van der Waals surface area contributed by atoms with E-state index in [0.29, 0.717) is 15.0 Å². The summed E-state index contributed by atoms with van der Waals surface area (Å²) in [6.07, 6.45) is 0.952. The molecule has 0 spiro atoms. The van der Waals surface area contributed by atoms with Gasteiger partial charge in [0.05, 0.1) is 0 Å².